The molecule has 1 saturated carbocycles. The van der Waals surface area contributed by atoms with Gasteiger partial charge < -0.3 is 5.11 Å². The molecule has 6 nitrogen and oxygen atoms in total. The first kappa shape index (κ1) is 12.5. The molecule has 2 rings (SSSR count). The average Bonchev–Trinajstić information content (AvgIpc) is 3.03. The van der Waals surface area contributed by atoms with E-state index in [4.69, 9.17) is 5.11 Å². The molecule has 96 valence electrons. The number of nitrogens with zero attached hydrogens (tertiary/aromatic N) is 1. The lowest BCUT2D eigenvalue weighted by atomic mass is 10.1. The molecule has 3 N–H and O–H groups in total. The van der Waals surface area contributed by atoms with Gasteiger partial charge in [0.1, 0.15) is 0 Å². The highest BCUT2D eigenvalue weighted by atomic mass is 32.2. The van der Waals surface area contributed by atoms with Crippen molar-refractivity contribution in [1.82, 2.24) is 14.9 Å². The second-order valence-electron chi connectivity index (χ2n) is 4.55. The Labute approximate surface area is 100 Å². The van der Waals surface area contributed by atoms with Gasteiger partial charge in [-0.3, -0.25) is 5.10 Å². The van der Waals surface area contributed by atoms with Crippen LogP contribution in [0.2, 0.25) is 0 Å². The molecule has 0 amide bonds. The molecule has 0 spiro atoms. The lowest BCUT2D eigenvalue weighted by Gasteiger charge is -2.11. The summed E-state index contributed by atoms with van der Waals surface area (Å²) in [5, 5.41) is 15.0. The van der Waals surface area contributed by atoms with Crippen LogP contribution in [-0.4, -0.2) is 30.3 Å². The number of hydrogen-bond donors (Lipinski definition) is 3. The lowest BCUT2D eigenvalue weighted by Crippen LogP contribution is -2.30. The average molecular weight is 259 g/mol. The van der Waals surface area contributed by atoms with Crippen LogP contribution in [-0.2, 0) is 16.6 Å². The fourth-order valence-electron chi connectivity index (χ4n) is 1.79. The molecule has 0 aromatic carbocycles. The Morgan fingerprint density at radius 1 is 1.65 bits per heavy atom. The number of H-pyrrole nitrogens is 1. The van der Waals surface area contributed by atoms with Gasteiger partial charge in [0.05, 0.1) is 12.8 Å². The van der Waals surface area contributed by atoms with Crippen LogP contribution < -0.4 is 4.72 Å². The Balaban J connectivity index is 2.03. The highest BCUT2D eigenvalue weighted by Crippen LogP contribution is 2.36. The van der Waals surface area contributed by atoms with E-state index < -0.39 is 10.0 Å². The van der Waals surface area contributed by atoms with Gasteiger partial charge in [0.25, 0.3) is 10.0 Å². The molecule has 0 bridgehead atoms. The van der Waals surface area contributed by atoms with Crippen LogP contribution in [0.1, 0.15) is 25.3 Å². The Kier molecular flexibility index (Phi) is 3.50. The van der Waals surface area contributed by atoms with Gasteiger partial charge in [-0.15, -0.1) is 0 Å². The van der Waals surface area contributed by atoms with Crippen LogP contribution in [0.5, 0.6) is 0 Å². The molecule has 7 heteroatoms. The monoisotopic (exact) mass is 259 g/mol. The number of aliphatic hydroxyl groups excluding tert-OH is 1. The van der Waals surface area contributed by atoms with Gasteiger partial charge in [0, 0.05) is 12.1 Å². The summed E-state index contributed by atoms with van der Waals surface area (Å²) >= 11 is 0. The molecule has 1 unspecified atom stereocenters. The van der Waals surface area contributed by atoms with E-state index in [-0.39, 0.29) is 17.2 Å². The molecule has 17 heavy (non-hydrogen) atoms. The third kappa shape index (κ3) is 2.85. The second-order valence-corrected chi connectivity index (χ2v) is 6.25. The predicted octanol–water partition coefficient (Wildman–Crippen LogP) is 0.226. The van der Waals surface area contributed by atoms with E-state index in [1.807, 2.05) is 6.92 Å². The zero-order valence-corrected chi connectivity index (χ0v) is 10.5. The number of nitrogens with one attached hydrogen (secondary N) is 2. The summed E-state index contributed by atoms with van der Waals surface area (Å²) in [5.74, 6) is 1.00. The number of sulfonamides is 1. The van der Waals surface area contributed by atoms with Crippen LogP contribution in [0.3, 0.4) is 0 Å². The molecule has 0 radical (unpaired) electrons. The summed E-state index contributed by atoms with van der Waals surface area (Å²) < 4.78 is 26.4. The van der Waals surface area contributed by atoms with E-state index in [2.05, 4.69) is 14.9 Å². The Morgan fingerprint density at radius 3 is 2.94 bits per heavy atom. The first-order valence-corrected chi connectivity index (χ1v) is 7.15. The summed E-state index contributed by atoms with van der Waals surface area (Å²) in [6, 6.07) is 0. The maximum Gasteiger partial charge on any atom is 0.257 e. The second kappa shape index (κ2) is 4.75. The van der Waals surface area contributed by atoms with Crippen LogP contribution in [0.15, 0.2) is 11.2 Å². The first-order chi connectivity index (χ1) is 8.04. The predicted molar refractivity (Wildman–Crippen MR) is 61.6 cm³/mol. The maximum absolute atomic E-state index is 11.9. The number of aromatic amines is 1. The summed E-state index contributed by atoms with van der Waals surface area (Å²) in [4.78, 5) is 0. The van der Waals surface area contributed by atoms with Gasteiger partial charge in [-0.2, -0.15) is 5.10 Å². The van der Waals surface area contributed by atoms with Crippen molar-refractivity contribution in [2.45, 2.75) is 31.4 Å². The van der Waals surface area contributed by atoms with Gasteiger partial charge in [0.2, 0.25) is 0 Å². The summed E-state index contributed by atoms with van der Waals surface area (Å²) in [5.41, 5.74) is 0.288. The zero-order valence-electron chi connectivity index (χ0n) is 9.68. The number of rotatable bonds is 6. The molecule has 1 fully saturated rings. The van der Waals surface area contributed by atoms with Gasteiger partial charge >= 0.3 is 0 Å². The topological polar surface area (TPSA) is 95.1 Å². The van der Waals surface area contributed by atoms with E-state index >= 15 is 0 Å². The Morgan fingerprint density at radius 2 is 2.35 bits per heavy atom. The van der Waals surface area contributed by atoms with Crippen molar-refractivity contribution in [1.29, 1.82) is 0 Å². The highest BCUT2D eigenvalue weighted by molar-refractivity contribution is 7.89. The lowest BCUT2D eigenvalue weighted by molar-refractivity contribution is 0.278. The van der Waals surface area contributed by atoms with Crippen molar-refractivity contribution in [3.8, 4) is 0 Å². The summed E-state index contributed by atoms with van der Waals surface area (Å²) in [6.07, 6.45) is 3.70. The van der Waals surface area contributed by atoms with Gasteiger partial charge in [-0.05, 0) is 24.7 Å². The maximum atomic E-state index is 11.9. The minimum absolute atomic E-state index is 0.0389. The molecule has 1 aliphatic carbocycles. The smallest absolute Gasteiger partial charge is 0.257 e. The number of aliphatic hydroxyl groups is 1. The van der Waals surface area contributed by atoms with Gasteiger partial charge in [-0.1, -0.05) is 6.92 Å². The van der Waals surface area contributed by atoms with Crippen molar-refractivity contribution in [3.05, 3.63) is 11.8 Å². The molecular weight excluding hydrogens is 242 g/mol. The molecule has 1 aliphatic rings. The summed E-state index contributed by atoms with van der Waals surface area (Å²) in [6.45, 7) is 2.13. The molecule has 1 aromatic heterocycles. The molecule has 1 atom stereocenters. The van der Waals surface area contributed by atoms with Gasteiger partial charge in [-0.25, -0.2) is 13.1 Å². The SMILES string of the molecule is CC(CNS(=O)(=O)c1[nH]ncc1CO)C1CC1. The van der Waals surface area contributed by atoms with Crippen LogP contribution in [0, 0.1) is 11.8 Å². The van der Waals surface area contributed by atoms with E-state index in [1.54, 1.807) is 0 Å². The fourth-order valence-corrected chi connectivity index (χ4v) is 3.05. The van der Waals surface area contributed by atoms with Crippen LogP contribution in [0.25, 0.3) is 0 Å². The minimum atomic E-state index is -3.59. The fraction of sp³-hybridized carbons (Fsp3) is 0.700. The Bertz CT molecular complexity index is 479. The van der Waals surface area contributed by atoms with E-state index in [0.29, 0.717) is 18.4 Å². The van der Waals surface area contributed by atoms with Crippen molar-refractivity contribution in [3.63, 3.8) is 0 Å². The molecular formula is C10H17N3O3S. The van der Waals surface area contributed by atoms with Gasteiger partial charge in [0.15, 0.2) is 5.03 Å². The highest BCUT2D eigenvalue weighted by Gasteiger charge is 2.29. The molecule has 0 saturated heterocycles. The quantitative estimate of drug-likeness (QED) is 0.681. The third-order valence-corrected chi connectivity index (χ3v) is 4.58. The van der Waals surface area contributed by atoms with E-state index in [0.717, 1.165) is 0 Å². The minimum Gasteiger partial charge on any atom is -0.392 e. The molecule has 0 aliphatic heterocycles. The van der Waals surface area contributed by atoms with Crippen molar-refractivity contribution in [2.75, 3.05) is 6.54 Å². The van der Waals surface area contributed by atoms with Crippen LogP contribution in [0.4, 0.5) is 0 Å². The Hall–Kier alpha value is -0.920. The van der Waals surface area contributed by atoms with E-state index in [1.165, 1.54) is 19.0 Å². The van der Waals surface area contributed by atoms with E-state index in [9.17, 15) is 8.42 Å². The van der Waals surface area contributed by atoms with Crippen LogP contribution >= 0.6 is 0 Å². The summed E-state index contributed by atoms with van der Waals surface area (Å²) in [7, 11) is -3.59. The number of hydrogen-bond acceptors (Lipinski definition) is 4. The normalized spacial score (nSPS) is 18.2. The van der Waals surface area contributed by atoms with Crippen molar-refractivity contribution in [2.24, 2.45) is 11.8 Å². The zero-order chi connectivity index (χ0) is 12.5. The molecule has 1 aromatic rings. The molecule has 1 heterocycles. The third-order valence-electron chi connectivity index (χ3n) is 3.14. The first-order valence-electron chi connectivity index (χ1n) is 5.67. The largest absolute Gasteiger partial charge is 0.392 e. The number of aromatic nitrogens is 2. The standard InChI is InChI=1S/C10H17N3O3S/c1-7(8-2-3-8)4-12-17(15,16)10-9(6-14)5-11-13-10/h5,7-8,12,14H,2-4,6H2,1H3,(H,11,13). The van der Waals surface area contributed by atoms with Crippen molar-refractivity contribution >= 4 is 10.0 Å². The van der Waals surface area contributed by atoms with Crippen molar-refractivity contribution < 1.29 is 13.5 Å².